The Morgan fingerprint density at radius 3 is 3.00 bits per heavy atom. The molecule has 1 saturated carbocycles. The molecule has 0 saturated heterocycles. The molecule has 13 heavy (non-hydrogen) atoms. The van der Waals surface area contributed by atoms with E-state index in [-0.39, 0.29) is 5.91 Å². The van der Waals surface area contributed by atoms with Crippen LogP contribution in [0.4, 0.5) is 0 Å². The standard InChI is InChI=1S/C10H17NO2/c1-2-10(12)11-6-3-7-13-8-9-4-5-9/h2,9H,1,3-8H2,(H,11,12). The van der Waals surface area contributed by atoms with Crippen molar-refractivity contribution in [3.63, 3.8) is 0 Å². The van der Waals surface area contributed by atoms with Crippen molar-refractivity contribution in [2.75, 3.05) is 19.8 Å². The normalized spacial score (nSPS) is 15.4. The minimum atomic E-state index is -0.109. The fraction of sp³-hybridized carbons (Fsp3) is 0.700. The Bertz CT molecular complexity index is 176. The van der Waals surface area contributed by atoms with Crippen LogP contribution in [0.15, 0.2) is 12.7 Å². The summed E-state index contributed by atoms with van der Waals surface area (Å²) < 4.78 is 5.40. The third-order valence-electron chi connectivity index (χ3n) is 2.00. The third-order valence-corrected chi connectivity index (χ3v) is 2.00. The van der Waals surface area contributed by atoms with Gasteiger partial charge in [0, 0.05) is 19.8 Å². The first kappa shape index (κ1) is 10.3. The second kappa shape index (κ2) is 5.75. The number of hydrogen-bond acceptors (Lipinski definition) is 2. The zero-order valence-corrected chi connectivity index (χ0v) is 7.92. The van der Waals surface area contributed by atoms with Crippen LogP contribution < -0.4 is 5.32 Å². The molecule has 0 atom stereocenters. The van der Waals surface area contributed by atoms with Gasteiger partial charge >= 0.3 is 0 Å². The molecule has 0 bridgehead atoms. The summed E-state index contributed by atoms with van der Waals surface area (Å²) in [6, 6.07) is 0. The fourth-order valence-corrected chi connectivity index (χ4v) is 0.993. The van der Waals surface area contributed by atoms with Gasteiger partial charge in [-0.25, -0.2) is 0 Å². The predicted molar refractivity (Wildman–Crippen MR) is 51.4 cm³/mol. The molecule has 1 rings (SSSR count). The second-order valence-corrected chi connectivity index (χ2v) is 3.37. The maximum atomic E-state index is 10.7. The SMILES string of the molecule is C=CC(=O)NCCCOCC1CC1. The average Bonchev–Trinajstić information content (AvgIpc) is 2.94. The van der Waals surface area contributed by atoms with E-state index in [1.54, 1.807) is 0 Å². The molecular weight excluding hydrogens is 166 g/mol. The number of amides is 1. The molecule has 0 heterocycles. The van der Waals surface area contributed by atoms with Crippen LogP contribution in [-0.4, -0.2) is 25.7 Å². The summed E-state index contributed by atoms with van der Waals surface area (Å²) >= 11 is 0. The molecule has 1 aliphatic rings. The monoisotopic (exact) mass is 183 g/mol. The van der Waals surface area contributed by atoms with Gasteiger partial charge in [-0.2, -0.15) is 0 Å². The van der Waals surface area contributed by atoms with Gasteiger partial charge in [-0.15, -0.1) is 0 Å². The number of carbonyl (C=O) groups is 1. The first-order chi connectivity index (χ1) is 6.33. The van der Waals surface area contributed by atoms with E-state index in [1.165, 1.54) is 18.9 Å². The highest BCUT2D eigenvalue weighted by Gasteiger charge is 2.20. The lowest BCUT2D eigenvalue weighted by Crippen LogP contribution is -2.22. The van der Waals surface area contributed by atoms with Gasteiger partial charge in [-0.3, -0.25) is 4.79 Å². The highest BCUT2D eigenvalue weighted by atomic mass is 16.5. The van der Waals surface area contributed by atoms with Crippen molar-refractivity contribution in [3.05, 3.63) is 12.7 Å². The van der Waals surface area contributed by atoms with Gasteiger partial charge in [0.25, 0.3) is 0 Å². The van der Waals surface area contributed by atoms with Crippen LogP contribution in [0.1, 0.15) is 19.3 Å². The van der Waals surface area contributed by atoms with Crippen molar-refractivity contribution in [1.29, 1.82) is 0 Å². The second-order valence-electron chi connectivity index (χ2n) is 3.37. The Kier molecular flexibility index (Phi) is 4.54. The summed E-state index contributed by atoms with van der Waals surface area (Å²) in [6.45, 7) is 5.68. The predicted octanol–water partition coefficient (Wildman–Crippen LogP) is 1.11. The molecule has 3 nitrogen and oxygen atoms in total. The summed E-state index contributed by atoms with van der Waals surface area (Å²) in [4.78, 5) is 10.7. The van der Waals surface area contributed by atoms with Crippen molar-refractivity contribution >= 4 is 5.91 Å². The minimum Gasteiger partial charge on any atom is -0.381 e. The maximum absolute atomic E-state index is 10.7. The van der Waals surface area contributed by atoms with E-state index in [1.807, 2.05) is 0 Å². The van der Waals surface area contributed by atoms with Crippen LogP contribution in [-0.2, 0) is 9.53 Å². The van der Waals surface area contributed by atoms with Crippen LogP contribution in [0, 0.1) is 5.92 Å². The highest BCUT2D eigenvalue weighted by Crippen LogP contribution is 2.28. The molecule has 1 fully saturated rings. The van der Waals surface area contributed by atoms with Crippen LogP contribution in [0.25, 0.3) is 0 Å². The molecule has 0 aromatic heterocycles. The Labute approximate surface area is 79.2 Å². The zero-order valence-electron chi connectivity index (χ0n) is 7.92. The van der Waals surface area contributed by atoms with Gasteiger partial charge in [0.05, 0.1) is 0 Å². The number of carbonyl (C=O) groups excluding carboxylic acids is 1. The molecule has 3 heteroatoms. The Balaban J connectivity index is 1.77. The van der Waals surface area contributed by atoms with Gasteiger partial charge in [0.1, 0.15) is 0 Å². The van der Waals surface area contributed by atoms with E-state index < -0.39 is 0 Å². The maximum Gasteiger partial charge on any atom is 0.243 e. The Morgan fingerprint density at radius 1 is 1.62 bits per heavy atom. The molecule has 0 aromatic carbocycles. The fourth-order valence-electron chi connectivity index (χ4n) is 0.993. The van der Waals surface area contributed by atoms with E-state index in [4.69, 9.17) is 4.74 Å². The molecular formula is C10H17NO2. The van der Waals surface area contributed by atoms with Gasteiger partial charge in [-0.05, 0) is 31.3 Å². The lowest BCUT2D eigenvalue weighted by molar-refractivity contribution is -0.116. The zero-order chi connectivity index (χ0) is 9.52. The topological polar surface area (TPSA) is 38.3 Å². The Hall–Kier alpha value is -0.830. The van der Waals surface area contributed by atoms with Crippen LogP contribution in [0.3, 0.4) is 0 Å². The summed E-state index contributed by atoms with van der Waals surface area (Å²) in [6.07, 6.45) is 4.82. The van der Waals surface area contributed by atoms with Crippen molar-refractivity contribution < 1.29 is 9.53 Å². The number of hydrogen-bond donors (Lipinski definition) is 1. The summed E-state index contributed by atoms with van der Waals surface area (Å²) in [5.74, 6) is 0.713. The molecule has 74 valence electrons. The summed E-state index contributed by atoms with van der Waals surface area (Å²) in [5.41, 5.74) is 0. The van der Waals surface area contributed by atoms with Crippen LogP contribution in [0.2, 0.25) is 0 Å². The minimum absolute atomic E-state index is 0.109. The van der Waals surface area contributed by atoms with Gasteiger partial charge in [0.2, 0.25) is 5.91 Å². The lowest BCUT2D eigenvalue weighted by Gasteiger charge is -2.03. The molecule has 0 radical (unpaired) electrons. The quantitative estimate of drug-likeness (QED) is 0.474. The number of ether oxygens (including phenoxy) is 1. The highest BCUT2D eigenvalue weighted by molar-refractivity contribution is 5.86. The molecule has 1 aliphatic carbocycles. The summed E-state index contributed by atoms with van der Waals surface area (Å²) in [5, 5.41) is 2.70. The molecule has 1 N–H and O–H groups in total. The van der Waals surface area contributed by atoms with E-state index in [9.17, 15) is 4.79 Å². The van der Waals surface area contributed by atoms with Gasteiger partial charge in [0.15, 0.2) is 0 Å². The average molecular weight is 183 g/mol. The molecule has 0 aromatic rings. The van der Waals surface area contributed by atoms with Gasteiger partial charge < -0.3 is 10.1 Å². The third kappa shape index (κ3) is 5.42. The van der Waals surface area contributed by atoms with Gasteiger partial charge in [-0.1, -0.05) is 6.58 Å². The lowest BCUT2D eigenvalue weighted by atomic mass is 10.4. The van der Waals surface area contributed by atoms with Crippen molar-refractivity contribution in [2.24, 2.45) is 5.92 Å². The van der Waals surface area contributed by atoms with E-state index >= 15 is 0 Å². The van der Waals surface area contributed by atoms with E-state index in [2.05, 4.69) is 11.9 Å². The molecule has 0 spiro atoms. The van der Waals surface area contributed by atoms with Crippen molar-refractivity contribution in [1.82, 2.24) is 5.32 Å². The number of nitrogens with one attached hydrogen (secondary N) is 1. The van der Waals surface area contributed by atoms with E-state index in [0.717, 1.165) is 25.6 Å². The van der Waals surface area contributed by atoms with Crippen molar-refractivity contribution in [3.8, 4) is 0 Å². The smallest absolute Gasteiger partial charge is 0.243 e. The number of rotatable bonds is 7. The van der Waals surface area contributed by atoms with Crippen LogP contribution in [0.5, 0.6) is 0 Å². The first-order valence-corrected chi connectivity index (χ1v) is 4.81. The first-order valence-electron chi connectivity index (χ1n) is 4.81. The van der Waals surface area contributed by atoms with Crippen LogP contribution >= 0.6 is 0 Å². The molecule has 1 amide bonds. The Morgan fingerprint density at radius 2 is 2.38 bits per heavy atom. The molecule has 0 aliphatic heterocycles. The van der Waals surface area contributed by atoms with Crippen molar-refractivity contribution in [2.45, 2.75) is 19.3 Å². The molecule has 0 unspecified atom stereocenters. The van der Waals surface area contributed by atoms with E-state index in [0.29, 0.717) is 6.54 Å². The largest absolute Gasteiger partial charge is 0.381 e. The summed E-state index contributed by atoms with van der Waals surface area (Å²) in [7, 11) is 0.